The van der Waals surface area contributed by atoms with Gasteiger partial charge in [-0.2, -0.15) is 0 Å². The molecule has 104 valence electrons. The summed E-state index contributed by atoms with van der Waals surface area (Å²) in [5.74, 6) is 0.484. The highest BCUT2D eigenvalue weighted by molar-refractivity contribution is 5.79. The molecular weight excluding hydrogens is 234 g/mol. The number of rotatable bonds is 4. The van der Waals surface area contributed by atoms with Gasteiger partial charge >= 0.3 is 0 Å². The Bertz CT molecular complexity index is 404. The number of amides is 1. The average Bonchev–Trinajstić information content (AvgIpc) is 2.48. The monoisotopic (exact) mass is 259 g/mol. The summed E-state index contributed by atoms with van der Waals surface area (Å²) in [7, 11) is 0. The van der Waals surface area contributed by atoms with Crippen LogP contribution in [-0.4, -0.2) is 5.91 Å². The van der Waals surface area contributed by atoms with E-state index in [9.17, 15) is 4.79 Å². The maximum Gasteiger partial charge on any atom is 0.223 e. The van der Waals surface area contributed by atoms with Gasteiger partial charge in [0.05, 0.1) is 6.04 Å². The van der Waals surface area contributed by atoms with Crippen LogP contribution in [0.5, 0.6) is 0 Å². The molecule has 0 saturated heterocycles. The van der Waals surface area contributed by atoms with Crippen molar-refractivity contribution in [1.29, 1.82) is 0 Å². The molecule has 0 aliphatic heterocycles. The first-order chi connectivity index (χ1) is 9.20. The van der Waals surface area contributed by atoms with Crippen LogP contribution in [0.2, 0.25) is 0 Å². The van der Waals surface area contributed by atoms with Crippen LogP contribution in [0.4, 0.5) is 0 Å². The molecule has 1 aliphatic carbocycles. The molecule has 1 unspecified atom stereocenters. The Morgan fingerprint density at radius 2 is 1.84 bits per heavy atom. The van der Waals surface area contributed by atoms with E-state index in [2.05, 4.69) is 43.4 Å². The van der Waals surface area contributed by atoms with Crippen LogP contribution in [0.15, 0.2) is 24.3 Å². The number of hydrogen-bond acceptors (Lipinski definition) is 1. The normalized spacial score (nSPS) is 18.0. The average molecular weight is 259 g/mol. The molecule has 2 nitrogen and oxygen atoms in total. The van der Waals surface area contributed by atoms with Gasteiger partial charge in [-0.1, -0.05) is 50.5 Å². The lowest BCUT2D eigenvalue weighted by atomic mass is 9.88. The summed E-state index contributed by atoms with van der Waals surface area (Å²) in [6.45, 7) is 4.23. The summed E-state index contributed by atoms with van der Waals surface area (Å²) in [6, 6.07) is 8.67. The van der Waals surface area contributed by atoms with E-state index in [-0.39, 0.29) is 17.9 Å². The van der Waals surface area contributed by atoms with Crippen LogP contribution in [0.1, 0.15) is 63.1 Å². The van der Waals surface area contributed by atoms with Gasteiger partial charge in [-0.3, -0.25) is 4.79 Å². The number of carbonyl (C=O) groups excluding carboxylic acids is 1. The Balaban J connectivity index is 1.91. The van der Waals surface area contributed by atoms with Crippen LogP contribution in [0.25, 0.3) is 0 Å². The lowest BCUT2D eigenvalue weighted by Gasteiger charge is -2.23. The zero-order valence-electron chi connectivity index (χ0n) is 12.1. The van der Waals surface area contributed by atoms with Crippen LogP contribution in [0, 0.1) is 5.92 Å². The molecule has 0 radical (unpaired) electrons. The Morgan fingerprint density at radius 3 is 2.42 bits per heavy atom. The van der Waals surface area contributed by atoms with Gasteiger partial charge in [-0.05, 0) is 37.3 Å². The van der Waals surface area contributed by atoms with Crippen molar-refractivity contribution < 1.29 is 4.79 Å². The number of hydrogen-bond donors (Lipinski definition) is 1. The molecule has 0 bridgehead atoms. The number of aryl methyl sites for hydroxylation is 1. The summed E-state index contributed by atoms with van der Waals surface area (Å²) in [5, 5.41) is 3.16. The second-order valence-corrected chi connectivity index (χ2v) is 5.66. The second-order valence-electron chi connectivity index (χ2n) is 5.66. The zero-order chi connectivity index (χ0) is 13.7. The van der Waals surface area contributed by atoms with Crippen molar-refractivity contribution in [1.82, 2.24) is 5.32 Å². The first-order valence-corrected chi connectivity index (χ1v) is 7.60. The van der Waals surface area contributed by atoms with E-state index in [1.54, 1.807) is 0 Å². The molecular formula is C17H25NO. The van der Waals surface area contributed by atoms with Crippen LogP contribution in [-0.2, 0) is 11.2 Å². The quantitative estimate of drug-likeness (QED) is 0.869. The molecule has 1 aliphatic rings. The first kappa shape index (κ1) is 14.1. The molecule has 0 aromatic heterocycles. The van der Waals surface area contributed by atoms with Crippen molar-refractivity contribution in [2.45, 2.75) is 58.4 Å². The fourth-order valence-corrected chi connectivity index (χ4v) is 2.82. The largest absolute Gasteiger partial charge is 0.349 e. The SMILES string of the molecule is CCc1ccc(C(C)NC(=O)C2CCCCC2)cc1. The molecule has 0 spiro atoms. The van der Waals surface area contributed by atoms with Crippen LogP contribution in [0.3, 0.4) is 0 Å². The van der Waals surface area contributed by atoms with Crippen molar-refractivity contribution in [3.8, 4) is 0 Å². The van der Waals surface area contributed by atoms with E-state index < -0.39 is 0 Å². The maximum atomic E-state index is 12.2. The Hall–Kier alpha value is -1.31. The molecule has 0 heterocycles. The van der Waals surface area contributed by atoms with E-state index in [0.717, 1.165) is 19.3 Å². The fourth-order valence-electron chi connectivity index (χ4n) is 2.82. The van der Waals surface area contributed by atoms with Gasteiger partial charge in [0.2, 0.25) is 5.91 Å². The second kappa shape index (κ2) is 6.74. The molecule has 2 rings (SSSR count). The summed E-state index contributed by atoms with van der Waals surface area (Å²) in [4.78, 5) is 12.2. The van der Waals surface area contributed by atoms with E-state index in [1.807, 2.05) is 0 Å². The lowest BCUT2D eigenvalue weighted by molar-refractivity contribution is -0.126. The topological polar surface area (TPSA) is 29.1 Å². The van der Waals surface area contributed by atoms with Gasteiger partial charge in [-0.15, -0.1) is 0 Å². The highest BCUT2D eigenvalue weighted by Crippen LogP contribution is 2.24. The highest BCUT2D eigenvalue weighted by atomic mass is 16.1. The van der Waals surface area contributed by atoms with E-state index in [1.165, 1.54) is 30.4 Å². The number of benzene rings is 1. The molecule has 1 fully saturated rings. The van der Waals surface area contributed by atoms with Crippen molar-refractivity contribution in [2.24, 2.45) is 5.92 Å². The van der Waals surface area contributed by atoms with Gasteiger partial charge < -0.3 is 5.32 Å². The van der Waals surface area contributed by atoms with Crippen molar-refractivity contribution >= 4 is 5.91 Å². The third-order valence-corrected chi connectivity index (χ3v) is 4.22. The van der Waals surface area contributed by atoms with E-state index in [0.29, 0.717) is 0 Å². The van der Waals surface area contributed by atoms with Gasteiger partial charge in [0, 0.05) is 5.92 Å². The van der Waals surface area contributed by atoms with E-state index >= 15 is 0 Å². The molecule has 2 heteroatoms. The Kier molecular flexibility index (Phi) is 5.00. The summed E-state index contributed by atoms with van der Waals surface area (Å²) < 4.78 is 0. The van der Waals surface area contributed by atoms with Crippen LogP contribution < -0.4 is 5.32 Å². The van der Waals surface area contributed by atoms with Crippen molar-refractivity contribution in [3.05, 3.63) is 35.4 Å². The smallest absolute Gasteiger partial charge is 0.223 e. The number of carbonyl (C=O) groups is 1. The predicted molar refractivity (Wildman–Crippen MR) is 79.0 cm³/mol. The summed E-state index contributed by atoms with van der Waals surface area (Å²) >= 11 is 0. The third-order valence-electron chi connectivity index (χ3n) is 4.22. The Labute approximate surface area is 116 Å². The molecule has 1 N–H and O–H groups in total. The summed E-state index contributed by atoms with van der Waals surface area (Å²) in [6.07, 6.45) is 6.89. The highest BCUT2D eigenvalue weighted by Gasteiger charge is 2.22. The number of nitrogens with one attached hydrogen (secondary N) is 1. The lowest BCUT2D eigenvalue weighted by Crippen LogP contribution is -2.33. The van der Waals surface area contributed by atoms with Gasteiger partial charge in [0.1, 0.15) is 0 Å². The first-order valence-electron chi connectivity index (χ1n) is 7.60. The third kappa shape index (κ3) is 3.82. The molecule has 1 amide bonds. The minimum atomic E-state index is 0.111. The molecule has 1 aromatic carbocycles. The molecule has 1 atom stereocenters. The molecule has 1 aromatic rings. The zero-order valence-corrected chi connectivity index (χ0v) is 12.1. The standard InChI is InChI=1S/C17H25NO/c1-3-14-9-11-15(12-10-14)13(2)18-17(19)16-7-5-4-6-8-16/h9-13,16H,3-8H2,1-2H3,(H,18,19). The van der Waals surface area contributed by atoms with Gasteiger partial charge in [0.15, 0.2) is 0 Å². The fraction of sp³-hybridized carbons (Fsp3) is 0.588. The summed E-state index contributed by atoms with van der Waals surface area (Å²) in [5.41, 5.74) is 2.54. The van der Waals surface area contributed by atoms with Crippen molar-refractivity contribution in [3.63, 3.8) is 0 Å². The predicted octanol–water partition coefficient (Wildman–Crippen LogP) is 4.01. The van der Waals surface area contributed by atoms with E-state index in [4.69, 9.17) is 0 Å². The van der Waals surface area contributed by atoms with Crippen LogP contribution >= 0.6 is 0 Å². The molecule has 19 heavy (non-hydrogen) atoms. The van der Waals surface area contributed by atoms with Gasteiger partial charge in [-0.25, -0.2) is 0 Å². The Morgan fingerprint density at radius 1 is 1.21 bits per heavy atom. The van der Waals surface area contributed by atoms with Gasteiger partial charge in [0.25, 0.3) is 0 Å². The maximum absolute atomic E-state index is 12.2. The molecule has 1 saturated carbocycles. The minimum absolute atomic E-state index is 0.111. The minimum Gasteiger partial charge on any atom is -0.349 e. The van der Waals surface area contributed by atoms with Crippen molar-refractivity contribution in [2.75, 3.05) is 0 Å².